The first-order valence-corrected chi connectivity index (χ1v) is 7.08. The molecule has 1 aromatic heterocycles. The molecule has 3 aromatic rings. The van der Waals surface area contributed by atoms with Crippen molar-refractivity contribution in [2.45, 2.75) is 13.5 Å². The van der Waals surface area contributed by atoms with E-state index >= 15 is 0 Å². The van der Waals surface area contributed by atoms with Gasteiger partial charge in [-0.05, 0) is 42.8 Å². The molecule has 0 aliphatic heterocycles. The summed E-state index contributed by atoms with van der Waals surface area (Å²) in [6.07, 6.45) is 0.814. The topological polar surface area (TPSA) is 39.4 Å². The molecule has 0 aliphatic carbocycles. The smallest absolute Gasteiger partial charge is 0.150 e. The molecule has 0 aliphatic rings. The van der Waals surface area contributed by atoms with Crippen LogP contribution in [0.4, 0.5) is 0 Å². The molecule has 0 saturated carbocycles. The number of carbonyl (C=O) groups is 1. The number of hydrogen-bond acceptors (Lipinski definition) is 3. The minimum Gasteiger partial charge on any atom is -0.489 e. The molecular weight excluding hydrogens is 276 g/mol. The Labute approximate surface area is 129 Å². The number of aryl methyl sites for hydroxylation is 1. The van der Waals surface area contributed by atoms with Crippen LogP contribution < -0.4 is 4.74 Å². The van der Waals surface area contributed by atoms with Crippen molar-refractivity contribution >= 4 is 6.29 Å². The molecule has 0 bridgehead atoms. The molecule has 0 saturated heterocycles. The third kappa shape index (κ3) is 3.26. The number of rotatable bonds is 5. The van der Waals surface area contributed by atoms with Crippen molar-refractivity contribution in [3.8, 4) is 17.1 Å². The Morgan fingerprint density at radius 2 is 1.86 bits per heavy atom. The quantitative estimate of drug-likeness (QED) is 0.643. The van der Waals surface area contributed by atoms with Crippen LogP contribution in [0.2, 0.25) is 0 Å². The zero-order valence-electron chi connectivity index (χ0n) is 12.3. The Hall–Kier alpha value is -2.81. The maximum atomic E-state index is 11.1. The van der Waals surface area contributed by atoms with E-state index in [-0.39, 0.29) is 0 Å². The summed E-state index contributed by atoms with van der Waals surface area (Å²) >= 11 is 0. The van der Waals surface area contributed by atoms with Gasteiger partial charge in [0.15, 0.2) is 0 Å². The largest absolute Gasteiger partial charge is 0.489 e. The number of aldehydes is 1. The van der Waals surface area contributed by atoms with Gasteiger partial charge in [-0.3, -0.25) is 4.79 Å². The summed E-state index contributed by atoms with van der Waals surface area (Å²) in [6.45, 7) is 2.35. The highest BCUT2D eigenvalue weighted by Crippen LogP contribution is 2.27. The highest BCUT2D eigenvalue weighted by molar-refractivity contribution is 5.79. The molecule has 0 unspecified atom stereocenters. The van der Waals surface area contributed by atoms with Gasteiger partial charge in [-0.15, -0.1) is 0 Å². The fraction of sp³-hybridized carbons (Fsp3) is 0.105. The van der Waals surface area contributed by atoms with Gasteiger partial charge in [-0.2, -0.15) is 0 Å². The number of benzene rings is 2. The second-order valence-corrected chi connectivity index (χ2v) is 5.09. The molecule has 22 heavy (non-hydrogen) atoms. The van der Waals surface area contributed by atoms with Gasteiger partial charge in [0.05, 0.1) is 0 Å². The molecule has 2 aromatic carbocycles. The molecule has 0 spiro atoms. The van der Waals surface area contributed by atoms with Crippen LogP contribution in [-0.2, 0) is 6.61 Å². The fourth-order valence-electron chi connectivity index (χ4n) is 2.25. The molecular formula is C19H16O3. The molecule has 3 heteroatoms. The van der Waals surface area contributed by atoms with E-state index in [0.717, 1.165) is 28.9 Å². The zero-order chi connectivity index (χ0) is 15.4. The summed E-state index contributed by atoms with van der Waals surface area (Å²) in [5.74, 6) is 2.21. The van der Waals surface area contributed by atoms with Crippen LogP contribution in [0.5, 0.6) is 5.75 Å². The van der Waals surface area contributed by atoms with E-state index < -0.39 is 0 Å². The van der Waals surface area contributed by atoms with Crippen LogP contribution in [0.3, 0.4) is 0 Å². The summed E-state index contributed by atoms with van der Waals surface area (Å²) in [5, 5.41) is 0. The maximum Gasteiger partial charge on any atom is 0.150 e. The van der Waals surface area contributed by atoms with Crippen LogP contribution >= 0.6 is 0 Å². The standard InChI is InChI=1S/C19H16O3/c1-14-7-8-19(22-14)17-9-16(12-20)10-18(11-17)21-13-15-5-3-2-4-6-15/h2-12H,13H2,1H3. The molecule has 0 N–H and O–H groups in total. The van der Waals surface area contributed by atoms with Crippen molar-refractivity contribution in [2.24, 2.45) is 0 Å². The molecule has 0 amide bonds. The Bertz CT molecular complexity index is 772. The van der Waals surface area contributed by atoms with Crippen molar-refractivity contribution in [3.63, 3.8) is 0 Å². The lowest BCUT2D eigenvalue weighted by Crippen LogP contribution is -1.96. The minimum absolute atomic E-state index is 0.458. The molecule has 3 nitrogen and oxygen atoms in total. The summed E-state index contributed by atoms with van der Waals surface area (Å²) < 4.78 is 11.4. The summed E-state index contributed by atoms with van der Waals surface area (Å²) in [7, 11) is 0. The van der Waals surface area contributed by atoms with Crippen molar-refractivity contribution < 1.29 is 13.9 Å². The van der Waals surface area contributed by atoms with Crippen LogP contribution in [0.15, 0.2) is 65.1 Å². The van der Waals surface area contributed by atoms with Crippen LogP contribution in [0, 0.1) is 6.92 Å². The summed E-state index contributed by atoms with van der Waals surface area (Å²) in [6, 6.07) is 19.1. The molecule has 3 rings (SSSR count). The Morgan fingerprint density at radius 3 is 2.55 bits per heavy atom. The molecule has 0 fully saturated rings. The first-order valence-electron chi connectivity index (χ1n) is 7.08. The van der Waals surface area contributed by atoms with Gasteiger partial charge in [0.1, 0.15) is 30.2 Å². The summed E-state index contributed by atoms with van der Waals surface area (Å²) in [4.78, 5) is 11.1. The fourth-order valence-corrected chi connectivity index (χ4v) is 2.25. The van der Waals surface area contributed by atoms with Crippen molar-refractivity contribution in [3.05, 3.63) is 77.6 Å². The lowest BCUT2D eigenvalue weighted by Gasteiger charge is -2.08. The molecule has 1 heterocycles. The maximum absolute atomic E-state index is 11.1. The van der Waals surface area contributed by atoms with Gasteiger partial charge in [0, 0.05) is 11.1 Å². The number of hydrogen-bond donors (Lipinski definition) is 0. The summed E-state index contributed by atoms with van der Waals surface area (Å²) in [5.41, 5.74) is 2.48. The lowest BCUT2D eigenvalue weighted by molar-refractivity contribution is 0.112. The van der Waals surface area contributed by atoms with Crippen LogP contribution in [0.1, 0.15) is 21.7 Å². The normalized spacial score (nSPS) is 10.4. The lowest BCUT2D eigenvalue weighted by atomic mass is 10.1. The van der Waals surface area contributed by atoms with Gasteiger partial charge < -0.3 is 9.15 Å². The van der Waals surface area contributed by atoms with Crippen molar-refractivity contribution in [1.29, 1.82) is 0 Å². The second-order valence-electron chi connectivity index (χ2n) is 5.09. The predicted octanol–water partition coefficient (Wildman–Crippen LogP) is 4.65. The van der Waals surface area contributed by atoms with Gasteiger partial charge in [0.25, 0.3) is 0 Å². The zero-order valence-corrected chi connectivity index (χ0v) is 12.3. The first-order chi connectivity index (χ1) is 10.7. The Morgan fingerprint density at radius 1 is 1.05 bits per heavy atom. The molecule has 0 radical (unpaired) electrons. The van der Waals surface area contributed by atoms with E-state index in [0.29, 0.717) is 17.9 Å². The van der Waals surface area contributed by atoms with Crippen molar-refractivity contribution in [1.82, 2.24) is 0 Å². The van der Waals surface area contributed by atoms with Crippen LogP contribution in [0.25, 0.3) is 11.3 Å². The van der Waals surface area contributed by atoms with E-state index in [1.54, 1.807) is 12.1 Å². The third-order valence-electron chi connectivity index (χ3n) is 3.34. The van der Waals surface area contributed by atoms with Gasteiger partial charge in [0.2, 0.25) is 0 Å². The van der Waals surface area contributed by atoms with Crippen LogP contribution in [-0.4, -0.2) is 6.29 Å². The average Bonchev–Trinajstić information content (AvgIpc) is 3.00. The van der Waals surface area contributed by atoms with Gasteiger partial charge in [-0.1, -0.05) is 30.3 Å². The Kier molecular flexibility index (Phi) is 4.05. The van der Waals surface area contributed by atoms with Gasteiger partial charge >= 0.3 is 0 Å². The van der Waals surface area contributed by atoms with E-state index in [4.69, 9.17) is 9.15 Å². The van der Waals surface area contributed by atoms with E-state index in [9.17, 15) is 4.79 Å². The minimum atomic E-state index is 0.458. The predicted molar refractivity (Wildman–Crippen MR) is 85.0 cm³/mol. The van der Waals surface area contributed by atoms with Gasteiger partial charge in [-0.25, -0.2) is 0 Å². The Balaban J connectivity index is 1.86. The van der Waals surface area contributed by atoms with E-state index in [1.165, 1.54) is 0 Å². The number of furan rings is 1. The second kappa shape index (κ2) is 6.31. The van der Waals surface area contributed by atoms with Crippen molar-refractivity contribution in [2.75, 3.05) is 0 Å². The highest BCUT2D eigenvalue weighted by Gasteiger charge is 2.07. The molecule has 110 valence electrons. The monoisotopic (exact) mass is 292 g/mol. The molecule has 0 atom stereocenters. The number of carbonyl (C=O) groups excluding carboxylic acids is 1. The van der Waals surface area contributed by atoms with E-state index in [1.807, 2.05) is 55.5 Å². The SMILES string of the molecule is Cc1ccc(-c2cc(C=O)cc(OCc3ccccc3)c2)o1. The highest BCUT2D eigenvalue weighted by atomic mass is 16.5. The average molecular weight is 292 g/mol. The third-order valence-corrected chi connectivity index (χ3v) is 3.34. The first kappa shape index (κ1) is 14.1. The number of ether oxygens (including phenoxy) is 1. The van der Waals surface area contributed by atoms with E-state index in [2.05, 4.69) is 0 Å².